The molecule has 1 heterocycles. The maximum Gasteiger partial charge on any atom is 0.214 e. The lowest BCUT2D eigenvalue weighted by Gasteiger charge is -2.05. The molecule has 18 heavy (non-hydrogen) atoms. The van der Waals surface area contributed by atoms with Gasteiger partial charge in [0.2, 0.25) is 11.0 Å². The third-order valence-corrected chi connectivity index (χ3v) is 3.41. The monoisotopic (exact) mass is 238 g/mol. The summed E-state index contributed by atoms with van der Waals surface area (Å²) < 4.78 is 2.18. The number of rotatable bonds is 1. The maximum absolute atomic E-state index is 5.87. The Kier molecular flexibility index (Phi) is 2.33. The summed E-state index contributed by atoms with van der Waals surface area (Å²) in [6.07, 6.45) is 0. The number of anilines is 2. The first-order chi connectivity index (χ1) is 8.69. The Hall–Kier alpha value is -2.29. The van der Waals surface area contributed by atoms with Crippen LogP contribution >= 0.6 is 0 Å². The number of hydrogen-bond acceptors (Lipinski definition) is 2. The summed E-state index contributed by atoms with van der Waals surface area (Å²) in [5.74, 6) is 0. The summed E-state index contributed by atoms with van der Waals surface area (Å²) in [6.45, 7) is 0. The van der Waals surface area contributed by atoms with E-state index < -0.39 is 0 Å². The van der Waals surface area contributed by atoms with E-state index in [1.807, 2.05) is 19.2 Å². The topological polar surface area (TPSA) is 41.9 Å². The maximum atomic E-state index is 5.87. The molecule has 0 amide bonds. The molecule has 0 unspecified atom stereocenters. The summed E-state index contributed by atoms with van der Waals surface area (Å²) in [5.41, 5.74) is 10.1. The van der Waals surface area contributed by atoms with Crippen LogP contribution in [0, 0.1) is 0 Å². The van der Waals surface area contributed by atoms with Gasteiger partial charge in [0.25, 0.3) is 0 Å². The predicted molar refractivity (Wildman–Crippen MR) is 76.6 cm³/mol. The normalized spacial score (nSPS) is 11.0. The van der Waals surface area contributed by atoms with Gasteiger partial charge in [0.05, 0.1) is 0 Å². The number of fused-ring (bicyclic) bond motifs is 2. The van der Waals surface area contributed by atoms with Gasteiger partial charge in [-0.05, 0) is 30.3 Å². The highest BCUT2D eigenvalue weighted by Gasteiger charge is 2.12. The molecule has 0 bridgehead atoms. The third kappa shape index (κ3) is 1.56. The lowest BCUT2D eigenvalue weighted by atomic mass is 10.1. The summed E-state index contributed by atoms with van der Waals surface area (Å²) >= 11 is 0. The van der Waals surface area contributed by atoms with E-state index in [2.05, 4.69) is 47.3 Å². The van der Waals surface area contributed by atoms with Crippen molar-refractivity contribution in [3.63, 3.8) is 0 Å². The van der Waals surface area contributed by atoms with Gasteiger partial charge in [-0.15, -0.1) is 0 Å². The third-order valence-electron chi connectivity index (χ3n) is 3.41. The molecular weight excluding hydrogens is 222 g/mol. The number of aryl methyl sites for hydroxylation is 1. The van der Waals surface area contributed by atoms with Gasteiger partial charge in [-0.25, -0.2) is 0 Å². The Morgan fingerprint density at radius 1 is 0.944 bits per heavy atom. The standard InChI is InChI=1S/C15H15N3/c1-17-13-6-4-11-7-10-3-5-12(16)8-14(10)18(2)15(11)9-13/h3-9H,1-2H3,(H2,16,17)/p+1. The molecule has 3 heteroatoms. The molecule has 0 aliphatic heterocycles. The molecule has 90 valence electrons. The second-order valence-corrected chi connectivity index (χ2v) is 4.55. The number of benzene rings is 2. The molecule has 0 atom stereocenters. The van der Waals surface area contributed by atoms with Crippen LogP contribution in [-0.4, -0.2) is 7.05 Å². The van der Waals surface area contributed by atoms with Crippen molar-refractivity contribution in [2.75, 3.05) is 18.1 Å². The molecule has 0 radical (unpaired) electrons. The minimum absolute atomic E-state index is 0.794. The second kappa shape index (κ2) is 3.88. The summed E-state index contributed by atoms with van der Waals surface area (Å²) in [6, 6.07) is 14.6. The summed E-state index contributed by atoms with van der Waals surface area (Å²) in [4.78, 5) is 0. The van der Waals surface area contributed by atoms with Gasteiger partial charge in [-0.1, -0.05) is 0 Å². The van der Waals surface area contributed by atoms with Gasteiger partial charge in [0.1, 0.15) is 7.05 Å². The molecule has 0 aliphatic rings. The van der Waals surface area contributed by atoms with Gasteiger partial charge >= 0.3 is 0 Å². The van der Waals surface area contributed by atoms with Crippen LogP contribution in [0.15, 0.2) is 42.5 Å². The summed E-state index contributed by atoms with van der Waals surface area (Å²) in [7, 11) is 4.00. The van der Waals surface area contributed by atoms with Crippen molar-refractivity contribution in [1.29, 1.82) is 0 Å². The molecule has 3 aromatic rings. The number of nitrogens with two attached hydrogens (primary N) is 1. The van der Waals surface area contributed by atoms with Gasteiger partial charge in [0.15, 0.2) is 0 Å². The van der Waals surface area contributed by atoms with Crippen LogP contribution in [0.2, 0.25) is 0 Å². The van der Waals surface area contributed by atoms with Crippen molar-refractivity contribution < 1.29 is 4.57 Å². The van der Waals surface area contributed by atoms with E-state index in [1.165, 1.54) is 16.3 Å². The lowest BCUT2D eigenvalue weighted by molar-refractivity contribution is -0.617. The molecule has 2 aromatic carbocycles. The van der Waals surface area contributed by atoms with Crippen molar-refractivity contribution in [1.82, 2.24) is 0 Å². The largest absolute Gasteiger partial charge is 0.399 e. The fraction of sp³-hybridized carbons (Fsp3) is 0.133. The van der Waals surface area contributed by atoms with Crippen molar-refractivity contribution in [3.05, 3.63) is 42.5 Å². The first-order valence-electron chi connectivity index (χ1n) is 5.99. The highest BCUT2D eigenvalue weighted by atomic mass is 14.9. The molecule has 3 N–H and O–H groups in total. The first kappa shape index (κ1) is 10.8. The van der Waals surface area contributed by atoms with Crippen molar-refractivity contribution in [2.45, 2.75) is 0 Å². The average Bonchev–Trinajstić information content (AvgIpc) is 2.40. The minimum atomic E-state index is 0.794. The van der Waals surface area contributed by atoms with Crippen LogP contribution in [0.4, 0.5) is 11.4 Å². The van der Waals surface area contributed by atoms with Gasteiger partial charge in [-0.3, -0.25) is 0 Å². The molecule has 0 saturated heterocycles. The molecule has 0 spiro atoms. The number of nitrogens with zero attached hydrogens (tertiary/aromatic N) is 1. The quantitative estimate of drug-likeness (QED) is 0.388. The molecule has 0 fully saturated rings. The van der Waals surface area contributed by atoms with E-state index in [0.29, 0.717) is 0 Å². The van der Waals surface area contributed by atoms with Crippen LogP contribution in [-0.2, 0) is 7.05 Å². The van der Waals surface area contributed by atoms with E-state index in [0.717, 1.165) is 16.9 Å². The number of pyridine rings is 1. The smallest absolute Gasteiger partial charge is 0.214 e. The summed E-state index contributed by atoms with van der Waals surface area (Å²) in [5, 5.41) is 5.60. The fourth-order valence-electron chi connectivity index (χ4n) is 2.38. The van der Waals surface area contributed by atoms with E-state index in [4.69, 9.17) is 5.73 Å². The number of hydrogen-bond donors (Lipinski definition) is 2. The van der Waals surface area contributed by atoms with Gasteiger partial charge in [-0.2, -0.15) is 4.57 Å². The number of aromatic nitrogens is 1. The SMILES string of the molecule is CNc1ccc2cc3ccc(N)cc3[n+](C)c2c1. The zero-order valence-electron chi connectivity index (χ0n) is 10.6. The molecule has 3 nitrogen and oxygen atoms in total. The molecule has 3 rings (SSSR count). The number of nitrogens with one attached hydrogen (secondary N) is 1. The van der Waals surface area contributed by atoms with Crippen LogP contribution in [0.5, 0.6) is 0 Å². The van der Waals surface area contributed by atoms with E-state index in [1.54, 1.807) is 0 Å². The Morgan fingerprint density at radius 2 is 1.61 bits per heavy atom. The highest BCUT2D eigenvalue weighted by Crippen LogP contribution is 2.22. The van der Waals surface area contributed by atoms with Crippen LogP contribution in [0.25, 0.3) is 21.8 Å². The predicted octanol–water partition coefficient (Wildman–Crippen LogP) is 2.44. The Bertz CT molecular complexity index is 747. The molecular formula is C15H16N3+. The molecule has 0 saturated carbocycles. The van der Waals surface area contributed by atoms with Crippen molar-refractivity contribution >= 4 is 33.2 Å². The highest BCUT2D eigenvalue weighted by molar-refractivity contribution is 5.91. The van der Waals surface area contributed by atoms with Crippen molar-refractivity contribution in [2.24, 2.45) is 7.05 Å². The van der Waals surface area contributed by atoms with Crippen LogP contribution in [0.1, 0.15) is 0 Å². The number of nitrogen functional groups attached to an aromatic ring is 1. The Balaban J connectivity index is 2.45. The minimum Gasteiger partial charge on any atom is -0.399 e. The zero-order valence-corrected chi connectivity index (χ0v) is 10.6. The Morgan fingerprint density at radius 3 is 2.33 bits per heavy atom. The second-order valence-electron chi connectivity index (χ2n) is 4.55. The van der Waals surface area contributed by atoms with E-state index in [-0.39, 0.29) is 0 Å². The lowest BCUT2D eigenvalue weighted by Crippen LogP contribution is -2.30. The fourth-order valence-corrected chi connectivity index (χ4v) is 2.38. The molecule has 0 aliphatic carbocycles. The van der Waals surface area contributed by atoms with Crippen molar-refractivity contribution in [3.8, 4) is 0 Å². The first-order valence-corrected chi connectivity index (χ1v) is 5.99. The average molecular weight is 238 g/mol. The zero-order chi connectivity index (χ0) is 12.7. The van der Waals surface area contributed by atoms with Gasteiger partial charge in [0, 0.05) is 41.3 Å². The van der Waals surface area contributed by atoms with Crippen LogP contribution in [0.3, 0.4) is 0 Å². The van der Waals surface area contributed by atoms with E-state index in [9.17, 15) is 0 Å². The van der Waals surface area contributed by atoms with Gasteiger partial charge < -0.3 is 11.1 Å². The van der Waals surface area contributed by atoms with E-state index >= 15 is 0 Å². The molecule has 1 aromatic heterocycles. The Labute approximate surface area is 106 Å². The van der Waals surface area contributed by atoms with Crippen LogP contribution < -0.4 is 15.6 Å².